The van der Waals surface area contributed by atoms with Crippen LogP contribution in [0.2, 0.25) is 0 Å². The van der Waals surface area contributed by atoms with E-state index in [1.165, 1.54) is 4.90 Å². The second-order valence-corrected chi connectivity index (χ2v) is 8.03. The van der Waals surface area contributed by atoms with Gasteiger partial charge in [0, 0.05) is 43.9 Å². The predicted molar refractivity (Wildman–Crippen MR) is 116 cm³/mol. The molecule has 1 aromatic heterocycles. The smallest absolute Gasteiger partial charge is 0.410 e. The summed E-state index contributed by atoms with van der Waals surface area (Å²) in [4.78, 5) is 51.8. The number of urea groups is 1. The average Bonchev–Trinajstić information content (AvgIpc) is 2.81. The molecule has 2 aliphatic heterocycles. The Morgan fingerprint density at radius 3 is 2.47 bits per heavy atom. The normalized spacial score (nSPS) is 17.2. The molecule has 1 N–H and O–H groups in total. The summed E-state index contributed by atoms with van der Waals surface area (Å²) in [6, 6.07) is 12.5. The minimum atomic E-state index is -0.474. The predicted octanol–water partition coefficient (Wildman–Crippen LogP) is 2.26. The highest BCUT2D eigenvalue weighted by Crippen LogP contribution is 2.22. The Labute approximate surface area is 185 Å². The zero-order valence-electron chi connectivity index (χ0n) is 17.7. The number of aromatic nitrogens is 1. The lowest BCUT2D eigenvalue weighted by atomic mass is 10.0. The van der Waals surface area contributed by atoms with Crippen molar-refractivity contribution in [2.24, 2.45) is 0 Å². The quantitative estimate of drug-likeness (QED) is 0.772. The first-order valence-corrected chi connectivity index (χ1v) is 10.8. The lowest BCUT2D eigenvalue weighted by Crippen LogP contribution is -2.49. The number of imide groups is 1. The van der Waals surface area contributed by atoms with Gasteiger partial charge in [-0.05, 0) is 24.5 Å². The molecule has 2 fully saturated rings. The maximum atomic E-state index is 13.0. The molecular weight excluding hydrogens is 412 g/mol. The van der Waals surface area contributed by atoms with Gasteiger partial charge in [-0.15, -0.1) is 0 Å². The van der Waals surface area contributed by atoms with Gasteiger partial charge in [-0.2, -0.15) is 0 Å². The Morgan fingerprint density at radius 2 is 1.75 bits per heavy atom. The van der Waals surface area contributed by atoms with Crippen molar-refractivity contribution in [3.8, 4) is 0 Å². The number of likely N-dealkylation sites (tertiary alicyclic amines) is 1. The summed E-state index contributed by atoms with van der Waals surface area (Å²) in [5, 5.41) is 2.27. The minimum absolute atomic E-state index is 0.0302. The fourth-order valence-electron chi connectivity index (χ4n) is 4.06. The van der Waals surface area contributed by atoms with Crippen LogP contribution in [0, 0.1) is 0 Å². The molecule has 2 saturated heterocycles. The highest BCUT2D eigenvalue weighted by molar-refractivity contribution is 5.96. The van der Waals surface area contributed by atoms with Gasteiger partial charge in [0.05, 0.1) is 6.54 Å². The average molecular weight is 438 g/mol. The molecule has 0 atom stereocenters. The van der Waals surface area contributed by atoms with Crippen molar-refractivity contribution in [3.05, 3.63) is 70.1 Å². The first-order chi connectivity index (χ1) is 15.5. The number of amides is 4. The maximum absolute atomic E-state index is 13.0. The molecular formula is C23H26N4O5. The van der Waals surface area contributed by atoms with E-state index >= 15 is 0 Å². The van der Waals surface area contributed by atoms with Crippen LogP contribution in [0.1, 0.15) is 36.4 Å². The molecule has 0 radical (unpaired) electrons. The van der Waals surface area contributed by atoms with Crippen LogP contribution in [-0.2, 0) is 22.7 Å². The number of hydrogen-bond donors (Lipinski definition) is 1. The Balaban J connectivity index is 1.34. The molecule has 0 unspecified atom stereocenters. The van der Waals surface area contributed by atoms with Gasteiger partial charge in [-0.25, -0.2) is 9.59 Å². The van der Waals surface area contributed by atoms with Gasteiger partial charge in [0.25, 0.3) is 5.56 Å². The molecule has 4 amide bonds. The van der Waals surface area contributed by atoms with Crippen LogP contribution in [0.5, 0.6) is 0 Å². The van der Waals surface area contributed by atoms with Crippen LogP contribution in [0.25, 0.3) is 0 Å². The van der Waals surface area contributed by atoms with Crippen LogP contribution in [0.4, 0.5) is 9.59 Å². The van der Waals surface area contributed by atoms with E-state index in [1.807, 2.05) is 30.3 Å². The Hall–Kier alpha value is -3.62. The molecule has 0 bridgehead atoms. The first-order valence-electron chi connectivity index (χ1n) is 10.8. The lowest BCUT2D eigenvalue weighted by Gasteiger charge is -2.32. The standard InChI is InChI=1S/C23H26N4O5/c28-20-10-14-26(22(30)24-20)15-18-7-4-11-27(21(18)29)19-8-12-25(13-9-19)23(31)32-16-17-5-2-1-3-6-17/h1-7,11,19H,8-10,12-16H2,(H,24,28,30). The number of carbonyl (C=O) groups excluding carboxylic acids is 3. The molecule has 9 heteroatoms. The van der Waals surface area contributed by atoms with Crippen LogP contribution in [0.15, 0.2) is 53.5 Å². The third kappa shape index (κ3) is 4.99. The van der Waals surface area contributed by atoms with Gasteiger partial charge < -0.3 is 19.1 Å². The number of nitrogens with one attached hydrogen (secondary N) is 1. The van der Waals surface area contributed by atoms with E-state index < -0.39 is 6.03 Å². The first kappa shape index (κ1) is 21.6. The zero-order chi connectivity index (χ0) is 22.5. The fraction of sp³-hybridized carbons (Fsp3) is 0.391. The van der Waals surface area contributed by atoms with Crippen molar-refractivity contribution in [1.29, 1.82) is 0 Å². The van der Waals surface area contributed by atoms with Crippen molar-refractivity contribution in [2.75, 3.05) is 19.6 Å². The second-order valence-electron chi connectivity index (χ2n) is 8.03. The van der Waals surface area contributed by atoms with E-state index in [2.05, 4.69) is 5.32 Å². The molecule has 2 aromatic rings. The molecule has 9 nitrogen and oxygen atoms in total. The van der Waals surface area contributed by atoms with Crippen LogP contribution in [-0.4, -0.2) is 52.0 Å². The second kappa shape index (κ2) is 9.67. The third-order valence-corrected chi connectivity index (χ3v) is 5.88. The molecule has 4 rings (SSSR count). The number of piperidine rings is 1. The van der Waals surface area contributed by atoms with Gasteiger partial charge in [0.15, 0.2) is 0 Å². The molecule has 0 saturated carbocycles. The van der Waals surface area contributed by atoms with E-state index in [1.54, 1.807) is 27.8 Å². The minimum Gasteiger partial charge on any atom is -0.445 e. The van der Waals surface area contributed by atoms with Gasteiger partial charge >= 0.3 is 12.1 Å². The van der Waals surface area contributed by atoms with Crippen molar-refractivity contribution >= 4 is 18.0 Å². The molecule has 168 valence electrons. The van der Waals surface area contributed by atoms with E-state index in [0.29, 0.717) is 38.0 Å². The van der Waals surface area contributed by atoms with Gasteiger partial charge in [-0.1, -0.05) is 36.4 Å². The van der Waals surface area contributed by atoms with E-state index in [-0.39, 0.29) is 43.2 Å². The van der Waals surface area contributed by atoms with Crippen molar-refractivity contribution in [3.63, 3.8) is 0 Å². The Bertz CT molecular complexity index is 1040. The number of benzene rings is 1. The summed E-state index contributed by atoms with van der Waals surface area (Å²) in [6.45, 7) is 1.69. The van der Waals surface area contributed by atoms with Crippen LogP contribution in [0.3, 0.4) is 0 Å². The van der Waals surface area contributed by atoms with Crippen LogP contribution < -0.4 is 10.9 Å². The molecule has 1 aromatic carbocycles. The molecule has 0 aliphatic carbocycles. The summed E-state index contributed by atoms with van der Waals surface area (Å²) >= 11 is 0. The highest BCUT2D eigenvalue weighted by atomic mass is 16.6. The number of rotatable bonds is 5. The maximum Gasteiger partial charge on any atom is 0.410 e. The molecule has 32 heavy (non-hydrogen) atoms. The number of hydrogen-bond acceptors (Lipinski definition) is 5. The van der Waals surface area contributed by atoms with Gasteiger partial charge in [-0.3, -0.25) is 14.9 Å². The SMILES string of the molecule is O=C1CCN(Cc2cccn(C3CCN(C(=O)OCc4ccccc4)CC3)c2=O)C(=O)N1. The largest absolute Gasteiger partial charge is 0.445 e. The Morgan fingerprint density at radius 1 is 1.00 bits per heavy atom. The topological polar surface area (TPSA) is 101 Å². The number of pyridine rings is 1. The van der Waals surface area contributed by atoms with Gasteiger partial charge in [0.1, 0.15) is 6.61 Å². The molecule has 3 heterocycles. The van der Waals surface area contributed by atoms with E-state index in [9.17, 15) is 19.2 Å². The highest BCUT2D eigenvalue weighted by Gasteiger charge is 2.27. The van der Waals surface area contributed by atoms with E-state index in [0.717, 1.165) is 5.56 Å². The summed E-state index contributed by atoms with van der Waals surface area (Å²) in [5.41, 5.74) is 1.29. The summed E-state index contributed by atoms with van der Waals surface area (Å²) in [6.07, 6.45) is 2.91. The zero-order valence-corrected chi connectivity index (χ0v) is 17.7. The van der Waals surface area contributed by atoms with Crippen LogP contribution >= 0.6 is 0 Å². The molecule has 2 aliphatic rings. The van der Waals surface area contributed by atoms with E-state index in [4.69, 9.17) is 4.74 Å². The summed E-state index contributed by atoms with van der Waals surface area (Å²) in [5.74, 6) is -0.300. The fourth-order valence-corrected chi connectivity index (χ4v) is 4.06. The monoisotopic (exact) mass is 438 g/mol. The summed E-state index contributed by atoms with van der Waals surface area (Å²) in [7, 11) is 0. The summed E-state index contributed by atoms with van der Waals surface area (Å²) < 4.78 is 7.09. The number of nitrogens with zero attached hydrogens (tertiary/aromatic N) is 3. The third-order valence-electron chi connectivity index (χ3n) is 5.88. The van der Waals surface area contributed by atoms with Crippen molar-refractivity contribution < 1.29 is 19.1 Å². The van der Waals surface area contributed by atoms with Crippen molar-refractivity contribution in [1.82, 2.24) is 19.7 Å². The molecule has 0 spiro atoms. The van der Waals surface area contributed by atoms with Crippen molar-refractivity contribution in [2.45, 2.75) is 38.5 Å². The lowest BCUT2D eigenvalue weighted by molar-refractivity contribution is -0.121. The van der Waals surface area contributed by atoms with Gasteiger partial charge in [0.2, 0.25) is 5.91 Å². The Kier molecular flexibility index (Phi) is 6.53. The number of ether oxygens (including phenoxy) is 1. The number of carbonyl (C=O) groups is 3.